The molecule has 122 valence electrons. The van der Waals surface area contributed by atoms with Crippen molar-refractivity contribution in [3.8, 4) is 0 Å². The molecule has 0 fully saturated rings. The minimum Gasteiger partial charge on any atom is -0.330 e. The predicted molar refractivity (Wildman–Crippen MR) is 98.0 cm³/mol. The molecule has 0 amide bonds. The SMILES string of the molecule is NCCCNCc1ccc(CCC/C=C/c2cccnc2)cc1. The monoisotopic (exact) mass is 309 g/mol. The number of allylic oxidation sites excluding steroid dienone is 1. The number of nitrogens with one attached hydrogen (secondary N) is 1. The van der Waals surface area contributed by atoms with E-state index in [1.165, 1.54) is 23.1 Å². The Morgan fingerprint density at radius 3 is 2.61 bits per heavy atom. The van der Waals surface area contributed by atoms with Crippen molar-refractivity contribution < 1.29 is 0 Å². The Hall–Kier alpha value is -1.97. The number of nitrogens with zero attached hydrogens (tertiary/aromatic N) is 1. The summed E-state index contributed by atoms with van der Waals surface area (Å²) in [6, 6.07) is 13.0. The molecule has 3 nitrogen and oxygen atoms in total. The van der Waals surface area contributed by atoms with Crippen molar-refractivity contribution in [1.29, 1.82) is 0 Å². The van der Waals surface area contributed by atoms with Crippen LogP contribution in [0.5, 0.6) is 0 Å². The summed E-state index contributed by atoms with van der Waals surface area (Å²) in [5.74, 6) is 0. The molecular weight excluding hydrogens is 282 g/mol. The third-order valence-corrected chi connectivity index (χ3v) is 3.74. The van der Waals surface area contributed by atoms with E-state index in [4.69, 9.17) is 5.73 Å². The fourth-order valence-corrected chi connectivity index (χ4v) is 2.40. The molecule has 0 saturated carbocycles. The van der Waals surface area contributed by atoms with Gasteiger partial charge in [0.2, 0.25) is 0 Å². The van der Waals surface area contributed by atoms with Crippen molar-refractivity contribution in [1.82, 2.24) is 10.3 Å². The Labute approximate surface area is 139 Å². The van der Waals surface area contributed by atoms with Gasteiger partial charge in [0, 0.05) is 18.9 Å². The van der Waals surface area contributed by atoms with E-state index >= 15 is 0 Å². The van der Waals surface area contributed by atoms with Crippen molar-refractivity contribution >= 4 is 6.08 Å². The van der Waals surface area contributed by atoms with Gasteiger partial charge in [0.1, 0.15) is 0 Å². The van der Waals surface area contributed by atoms with Crippen LogP contribution in [-0.2, 0) is 13.0 Å². The van der Waals surface area contributed by atoms with E-state index in [-0.39, 0.29) is 0 Å². The molecule has 23 heavy (non-hydrogen) atoms. The number of aryl methyl sites for hydroxylation is 1. The third kappa shape index (κ3) is 7.22. The van der Waals surface area contributed by atoms with E-state index in [1.54, 1.807) is 6.20 Å². The number of hydrogen-bond acceptors (Lipinski definition) is 3. The first-order valence-electron chi connectivity index (χ1n) is 8.43. The van der Waals surface area contributed by atoms with Crippen LogP contribution < -0.4 is 11.1 Å². The van der Waals surface area contributed by atoms with E-state index in [9.17, 15) is 0 Å². The van der Waals surface area contributed by atoms with Crippen LogP contribution in [0, 0.1) is 0 Å². The lowest BCUT2D eigenvalue weighted by atomic mass is 10.1. The Balaban J connectivity index is 1.65. The second-order valence-electron chi connectivity index (χ2n) is 5.72. The van der Waals surface area contributed by atoms with Crippen molar-refractivity contribution in [3.05, 3.63) is 71.6 Å². The summed E-state index contributed by atoms with van der Waals surface area (Å²) in [6.07, 6.45) is 12.5. The fraction of sp³-hybridized carbons (Fsp3) is 0.350. The summed E-state index contributed by atoms with van der Waals surface area (Å²) in [5, 5.41) is 3.40. The van der Waals surface area contributed by atoms with Gasteiger partial charge in [0.15, 0.2) is 0 Å². The molecule has 3 N–H and O–H groups in total. The van der Waals surface area contributed by atoms with Crippen LogP contribution in [0.25, 0.3) is 6.08 Å². The van der Waals surface area contributed by atoms with Crippen LogP contribution in [0.2, 0.25) is 0 Å². The Morgan fingerprint density at radius 2 is 1.87 bits per heavy atom. The normalized spacial score (nSPS) is 11.2. The maximum atomic E-state index is 5.48. The fourth-order valence-electron chi connectivity index (χ4n) is 2.40. The predicted octanol–water partition coefficient (Wildman–Crippen LogP) is 3.56. The zero-order chi connectivity index (χ0) is 16.2. The van der Waals surface area contributed by atoms with Gasteiger partial charge in [-0.2, -0.15) is 0 Å². The van der Waals surface area contributed by atoms with Gasteiger partial charge >= 0.3 is 0 Å². The number of pyridine rings is 1. The molecule has 0 spiro atoms. The van der Waals surface area contributed by atoms with E-state index in [0.717, 1.165) is 38.9 Å². The number of rotatable bonds is 10. The molecule has 1 aromatic heterocycles. The van der Waals surface area contributed by atoms with Gasteiger partial charge in [-0.3, -0.25) is 4.98 Å². The molecule has 0 unspecified atom stereocenters. The Kier molecular flexibility index (Phi) is 8.09. The lowest BCUT2D eigenvalue weighted by molar-refractivity contribution is 0.655. The standard InChI is InChI=1S/C20H27N3/c21-13-5-15-23-17-20-11-9-18(10-12-20)6-2-1-3-7-19-8-4-14-22-16-19/h3-4,7-12,14,16,23H,1-2,5-6,13,15,17,21H2/b7-3+. The van der Waals surface area contributed by atoms with Crippen molar-refractivity contribution in [2.75, 3.05) is 13.1 Å². The van der Waals surface area contributed by atoms with Gasteiger partial charge in [0.25, 0.3) is 0 Å². The van der Waals surface area contributed by atoms with Crippen LogP contribution in [0.15, 0.2) is 54.9 Å². The summed E-state index contributed by atoms with van der Waals surface area (Å²) >= 11 is 0. The summed E-state index contributed by atoms with van der Waals surface area (Å²) in [6.45, 7) is 2.66. The van der Waals surface area contributed by atoms with Gasteiger partial charge in [-0.25, -0.2) is 0 Å². The second-order valence-corrected chi connectivity index (χ2v) is 5.72. The molecule has 0 aliphatic carbocycles. The van der Waals surface area contributed by atoms with Gasteiger partial charge < -0.3 is 11.1 Å². The number of hydrogen-bond donors (Lipinski definition) is 2. The van der Waals surface area contributed by atoms with Gasteiger partial charge in [-0.15, -0.1) is 0 Å². The molecule has 0 saturated heterocycles. The largest absolute Gasteiger partial charge is 0.330 e. The second kappa shape index (κ2) is 10.7. The molecule has 0 aliphatic heterocycles. The van der Waals surface area contributed by atoms with Gasteiger partial charge in [-0.1, -0.05) is 42.5 Å². The molecule has 0 aliphatic rings. The number of benzene rings is 1. The van der Waals surface area contributed by atoms with Crippen LogP contribution in [0.3, 0.4) is 0 Å². The van der Waals surface area contributed by atoms with E-state index in [0.29, 0.717) is 0 Å². The molecule has 3 heteroatoms. The minimum atomic E-state index is 0.751. The summed E-state index contributed by atoms with van der Waals surface area (Å²) in [7, 11) is 0. The summed E-state index contributed by atoms with van der Waals surface area (Å²) < 4.78 is 0. The Morgan fingerprint density at radius 1 is 1.04 bits per heavy atom. The highest BCUT2D eigenvalue weighted by Gasteiger charge is 1.95. The van der Waals surface area contributed by atoms with Crippen molar-refractivity contribution in [2.24, 2.45) is 5.73 Å². The van der Waals surface area contributed by atoms with Gasteiger partial charge in [0.05, 0.1) is 0 Å². The molecule has 2 aromatic rings. The molecule has 0 atom stereocenters. The van der Waals surface area contributed by atoms with E-state index < -0.39 is 0 Å². The maximum absolute atomic E-state index is 5.48. The van der Waals surface area contributed by atoms with Crippen molar-refractivity contribution in [3.63, 3.8) is 0 Å². The van der Waals surface area contributed by atoms with Crippen LogP contribution in [0.4, 0.5) is 0 Å². The zero-order valence-electron chi connectivity index (χ0n) is 13.7. The quantitative estimate of drug-likeness (QED) is 0.660. The van der Waals surface area contributed by atoms with Crippen LogP contribution in [0.1, 0.15) is 36.0 Å². The number of unbranched alkanes of at least 4 members (excludes halogenated alkanes) is 1. The van der Waals surface area contributed by atoms with Gasteiger partial charge in [-0.05, 0) is 61.5 Å². The summed E-state index contributed by atoms with van der Waals surface area (Å²) in [4.78, 5) is 4.11. The number of nitrogens with two attached hydrogens (primary N) is 1. The van der Waals surface area contributed by atoms with Crippen molar-refractivity contribution in [2.45, 2.75) is 32.2 Å². The maximum Gasteiger partial charge on any atom is 0.0340 e. The van der Waals surface area contributed by atoms with E-state index in [1.807, 2.05) is 12.3 Å². The van der Waals surface area contributed by atoms with Crippen LogP contribution >= 0.6 is 0 Å². The Bertz CT molecular complexity index is 561. The lowest BCUT2D eigenvalue weighted by Gasteiger charge is -2.05. The first-order valence-corrected chi connectivity index (χ1v) is 8.43. The average Bonchev–Trinajstić information content (AvgIpc) is 2.60. The zero-order valence-corrected chi connectivity index (χ0v) is 13.7. The molecular formula is C20H27N3. The first-order chi connectivity index (χ1) is 11.4. The molecule has 2 rings (SSSR count). The van der Waals surface area contributed by atoms with Crippen LogP contribution in [-0.4, -0.2) is 18.1 Å². The van der Waals surface area contributed by atoms with E-state index in [2.05, 4.69) is 52.8 Å². The smallest absolute Gasteiger partial charge is 0.0340 e. The molecule has 0 bridgehead atoms. The highest BCUT2D eigenvalue weighted by atomic mass is 14.8. The summed E-state index contributed by atoms with van der Waals surface area (Å²) in [5.41, 5.74) is 9.39. The first kappa shape index (κ1) is 17.4. The topological polar surface area (TPSA) is 50.9 Å². The molecule has 1 aromatic carbocycles. The average molecular weight is 309 g/mol. The molecule has 1 heterocycles. The lowest BCUT2D eigenvalue weighted by Crippen LogP contribution is -2.17. The highest BCUT2D eigenvalue weighted by Crippen LogP contribution is 2.09. The third-order valence-electron chi connectivity index (χ3n) is 3.74. The molecule has 0 radical (unpaired) electrons. The minimum absolute atomic E-state index is 0.751. The number of aromatic nitrogens is 1. The highest BCUT2D eigenvalue weighted by molar-refractivity contribution is 5.47.